The summed E-state index contributed by atoms with van der Waals surface area (Å²) in [6, 6.07) is 5.88. The second kappa shape index (κ2) is 6.80. The number of nitrogens with zero attached hydrogens (tertiary/aromatic N) is 4. The van der Waals surface area contributed by atoms with Crippen LogP contribution in [0.25, 0.3) is 11.0 Å². The highest BCUT2D eigenvalue weighted by Crippen LogP contribution is 2.51. The normalized spacial score (nSPS) is 28.0. The number of methoxy groups -OCH3 is 1. The van der Waals surface area contributed by atoms with Crippen LogP contribution in [0.3, 0.4) is 0 Å². The average molecular weight is 435 g/mol. The minimum atomic E-state index is -0.670. The van der Waals surface area contributed by atoms with Crippen LogP contribution in [0.15, 0.2) is 30.6 Å². The molecule has 2 fully saturated rings. The zero-order valence-corrected chi connectivity index (χ0v) is 17.7. The van der Waals surface area contributed by atoms with E-state index < -0.39 is 5.79 Å². The lowest BCUT2D eigenvalue weighted by Gasteiger charge is -2.24. The second-order valence-electron chi connectivity index (χ2n) is 7.85. The number of aromatic nitrogens is 4. The molecular weight excluding hydrogens is 415 g/mol. The molecule has 3 aromatic rings. The summed E-state index contributed by atoms with van der Waals surface area (Å²) < 4.78 is 20.0. The van der Waals surface area contributed by atoms with E-state index in [1.807, 2.05) is 38.2 Å². The van der Waals surface area contributed by atoms with Gasteiger partial charge in [-0.3, -0.25) is 0 Å². The molecule has 4 heterocycles. The monoisotopic (exact) mass is 434 g/mol. The lowest BCUT2D eigenvalue weighted by Crippen LogP contribution is -2.27. The Hall–Kier alpha value is -1.93. The lowest BCUT2D eigenvalue weighted by atomic mass is 9.96. The van der Waals surface area contributed by atoms with Gasteiger partial charge in [-0.2, -0.15) is 4.98 Å². The van der Waals surface area contributed by atoms with Gasteiger partial charge < -0.3 is 18.8 Å². The Morgan fingerprint density at radius 1 is 1.17 bits per heavy atom. The number of ether oxygens (including phenoxy) is 3. The van der Waals surface area contributed by atoms with Gasteiger partial charge in [0.1, 0.15) is 16.9 Å². The van der Waals surface area contributed by atoms with E-state index in [0.717, 1.165) is 17.4 Å². The van der Waals surface area contributed by atoms with Gasteiger partial charge in [-0.15, -0.1) is 0 Å². The van der Waals surface area contributed by atoms with Crippen molar-refractivity contribution in [3.63, 3.8) is 0 Å². The maximum absolute atomic E-state index is 6.33. The van der Waals surface area contributed by atoms with Gasteiger partial charge >= 0.3 is 0 Å². The minimum Gasteiger partial charge on any atom is -0.481 e. The maximum Gasteiger partial charge on any atom is 0.225 e. The Bertz CT molecular complexity index is 1090. The summed E-state index contributed by atoms with van der Waals surface area (Å²) in [6.07, 6.45) is 4.29. The topological polar surface area (TPSA) is 71.3 Å². The van der Waals surface area contributed by atoms with Crippen LogP contribution in [0.2, 0.25) is 10.4 Å². The van der Waals surface area contributed by atoms with Crippen molar-refractivity contribution in [2.24, 2.45) is 0 Å². The van der Waals surface area contributed by atoms with Crippen molar-refractivity contribution in [1.82, 2.24) is 19.5 Å². The number of hydrogen-bond acceptors (Lipinski definition) is 6. The molecule has 5 rings (SSSR count). The van der Waals surface area contributed by atoms with E-state index in [-0.39, 0.29) is 29.5 Å². The Morgan fingerprint density at radius 3 is 2.76 bits per heavy atom. The van der Waals surface area contributed by atoms with Gasteiger partial charge in [-0.05, 0) is 49.6 Å². The number of rotatable bonds is 3. The molecule has 0 spiro atoms. The molecule has 0 N–H and O–H groups in total. The van der Waals surface area contributed by atoms with Gasteiger partial charge in [0.15, 0.2) is 5.79 Å². The third-order valence-electron chi connectivity index (χ3n) is 5.69. The summed E-state index contributed by atoms with van der Waals surface area (Å²) in [4.78, 5) is 12.7. The minimum absolute atomic E-state index is 0.00506. The van der Waals surface area contributed by atoms with Crippen LogP contribution in [0.4, 0.5) is 0 Å². The van der Waals surface area contributed by atoms with Crippen molar-refractivity contribution in [3.05, 3.63) is 46.6 Å². The zero-order valence-electron chi connectivity index (χ0n) is 16.2. The molecule has 0 unspecified atom stereocenters. The first-order valence-electron chi connectivity index (χ1n) is 9.41. The molecule has 1 aliphatic heterocycles. The molecule has 152 valence electrons. The van der Waals surface area contributed by atoms with Crippen LogP contribution in [0.5, 0.6) is 5.88 Å². The predicted octanol–water partition coefficient (Wildman–Crippen LogP) is 4.39. The number of pyridine rings is 1. The Kier molecular flexibility index (Phi) is 4.47. The smallest absolute Gasteiger partial charge is 0.225 e. The number of halogens is 2. The molecule has 9 heteroatoms. The maximum atomic E-state index is 6.33. The van der Waals surface area contributed by atoms with Gasteiger partial charge in [0, 0.05) is 24.4 Å². The average Bonchev–Trinajstić information content (AvgIpc) is 3.32. The van der Waals surface area contributed by atoms with Crippen LogP contribution in [0, 0.1) is 0 Å². The van der Waals surface area contributed by atoms with Crippen LogP contribution < -0.4 is 4.74 Å². The molecule has 29 heavy (non-hydrogen) atoms. The van der Waals surface area contributed by atoms with Gasteiger partial charge in [0.25, 0.3) is 0 Å². The van der Waals surface area contributed by atoms with Gasteiger partial charge in [-0.25, -0.2) is 9.97 Å². The summed E-state index contributed by atoms with van der Waals surface area (Å²) in [6.45, 7) is 3.88. The fraction of sp³-hybridized carbons (Fsp3) is 0.450. The molecule has 4 atom stereocenters. The van der Waals surface area contributed by atoms with Crippen LogP contribution in [-0.4, -0.2) is 44.6 Å². The van der Waals surface area contributed by atoms with Crippen LogP contribution in [-0.2, 0) is 9.47 Å². The predicted molar refractivity (Wildman–Crippen MR) is 109 cm³/mol. The Morgan fingerprint density at radius 2 is 1.97 bits per heavy atom. The van der Waals surface area contributed by atoms with Crippen molar-refractivity contribution < 1.29 is 14.2 Å². The van der Waals surface area contributed by atoms with E-state index >= 15 is 0 Å². The number of hydrogen-bond donors (Lipinski definition) is 0. The first kappa shape index (κ1) is 19.1. The first-order chi connectivity index (χ1) is 13.9. The highest BCUT2D eigenvalue weighted by atomic mass is 35.5. The van der Waals surface area contributed by atoms with Crippen LogP contribution in [0.1, 0.15) is 37.8 Å². The standard InChI is InChI=1S/C20H20Cl2N4O3/c1-20(2)28-15-12(10-4-6-23-14(8-10)27-3)9-13(16(15)29-20)26-7-5-11-17(21)24-19(22)25-18(11)26/h4-8,12-13,15-16H,9H2,1-3H3/t12-,13-,15-,16+/m1/s1. The highest BCUT2D eigenvalue weighted by Gasteiger charge is 2.55. The molecule has 2 aliphatic rings. The molecule has 7 nitrogen and oxygen atoms in total. The quantitative estimate of drug-likeness (QED) is 0.449. The van der Waals surface area contributed by atoms with Crippen molar-refractivity contribution in [1.29, 1.82) is 0 Å². The van der Waals surface area contributed by atoms with E-state index in [2.05, 4.69) is 19.5 Å². The first-order valence-corrected chi connectivity index (χ1v) is 10.2. The zero-order chi connectivity index (χ0) is 20.3. The van der Waals surface area contributed by atoms with E-state index in [1.165, 1.54) is 0 Å². The van der Waals surface area contributed by atoms with Crippen molar-refractivity contribution in [3.8, 4) is 5.88 Å². The van der Waals surface area contributed by atoms with Gasteiger partial charge in [-0.1, -0.05) is 11.6 Å². The second-order valence-corrected chi connectivity index (χ2v) is 8.55. The summed E-state index contributed by atoms with van der Waals surface area (Å²) >= 11 is 12.3. The largest absolute Gasteiger partial charge is 0.481 e. The molecule has 0 bridgehead atoms. The molecule has 3 aromatic heterocycles. The molecule has 1 aliphatic carbocycles. The third kappa shape index (κ3) is 3.17. The van der Waals surface area contributed by atoms with Crippen molar-refractivity contribution in [2.45, 2.75) is 50.2 Å². The van der Waals surface area contributed by atoms with Gasteiger partial charge in [0.05, 0.1) is 24.6 Å². The summed E-state index contributed by atoms with van der Waals surface area (Å²) in [5, 5.41) is 1.23. The third-order valence-corrected chi connectivity index (χ3v) is 6.14. The lowest BCUT2D eigenvalue weighted by molar-refractivity contribution is -0.157. The van der Waals surface area contributed by atoms with Crippen LogP contribution >= 0.6 is 23.2 Å². The Labute approximate surface area is 177 Å². The van der Waals surface area contributed by atoms with E-state index in [0.29, 0.717) is 16.7 Å². The molecular formula is C20H20Cl2N4O3. The number of fused-ring (bicyclic) bond motifs is 2. The van der Waals surface area contributed by atoms with E-state index in [9.17, 15) is 0 Å². The Balaban J connectivity index is 1.59. The fourth-order valence-corrected chi connectivity index (χ4v) is 4.99. The summed E-state index contributed by atoms with van der Waals surface area (Å²) in [5.74, 6) is 0.0312. The molecule has 1 saturated heterocycles. The molecule has 0 radical (unpaired) electrons. The van der Waals surface area contributed by atoms with E-state index in [1.54, 1.807) is 13.3 Å². The summed E-state index contributed by atoms with van der Waals surface area (Å²) in [5.41, 5.74) is 1.80. The van der Waals surface area contributed by atoms with Crippen molar-refractivity contribution >= 4 is 34.2 Å². The fourth-order valence-electron chi connectivity index (χ4n) is 4.56. The SMILES string of the molecule is COc1cc([C@H]2C[C@@H](n3ccc4c(Cl)nc(Cl)nc43)[C@@H]3OC(C)(C)O[C@@H]32)ccn1. The van der Waals surface area contributed by atoms with Crippen molar-refractivity contribution in [2.75, 3.05) is 7.11 Å². The molecule has 0 amide bonds. The molecule has 1 saturated carbocycles. The molecule has 0 aromatic carbocycles. The highest BCUT2D eigenvalue weighted by molar-refractivity contribution is 6.35. The summed E-state index contributed by atoms with van der Waals surface area (Å²) in [7, 11) is 1.61. The van der Waals surface area contributed by atoms with Gasteiger partial charge in [0.2, 0.25) is 11.2 Å². The van der Waals surface area contributed by atoms with E-state index in [4.69, 9.17) is 37.4 Å².